The normalized spacial score (nSPS) is 18.0. The van der Waals surface area contributed by atoms with Gasteiger partial charge in [0.25, 0.3) is 0 Å². The van der Waals surface area contributed by atoms with Crippen molar-refractivity contribution in [3.8, 4) is 0 Å². The van der Waals surface area contributed by atoms with Crippen molar-refractivity contribution < 1.29 is 8.42 Å². The van der Waals surface area contributed by atoms with Crippen molar-refractivity contribution in [3.63, 3.8) is 0 Å². The van der Waals surface area contributed by atoms with E-state index < -0.39 is 10.0 Å². The minimum atomic E-state index is -3.28. The Morgan fingerprint density at radius 3 is 2.71 bits per heavy atom. The standard InChI is InChI=1S/C15H18N2O2S2/c1-21(18,19)17-14-6-3-2-5-13(14)16-12-7-4-8-15-11(12)9-10-20-15/h2-3,5-6,9-10,12,16-17H,4,7-8H2,1H3. The van der Waals surface area contributed by atoms with Crippen molar-refractivity contribution >= 4 is 32.7 Å². The summed E-state index contributed by atoms with van der Waals surface area (Å²) >= 11 is 1.80. The van der Waals surface area contributed by atoms with Gasteiger partial charge < -0.3 is 5.32 Å². The quantitative estimate of drug-likeness (QED) is 0.904. The van der Waals surface area contributed by atoms with Crippen LogP contribution < -0.4 is 10.0 Å². The van der Waals surface area contributed by atoms with E-state index in [1.165, 1.54) is 16.7 Å². The first-order chi connectivity index (χ1) is 10.0. The van der Waals surface area contributed by atoms with Crippen LogP contribution in [-0.2, 0) is 16.4 Å². The summed E-state index contributed by atoms with van der Waals surface area (Å²) in [6.07, 6.45) is 4.54. The Hall–Kier alpha value is -1.53. The fourth-order valence-electron chi connectivity index (χ4n) is 2.72. The first-order valence-electron chi connectivity index (χ1n) is 6.92. The van der Waals surface area contributed by atoms with Crippen molar-refractivity contribution in [2.45, 2.75) is 25.3 Å². The molecule has 4 nitrogen and oxygen atoms in total. The Morgan fingerprint density at radius 2 is 1.95 bits per heavy atom. The van der Waals surface area contributed by atoms with Crippen LogP contribution in [0.3, 0.4) is 0 Å². The zero-order valence-corrected chi connectivity index (χ0v) is 13.4. The van der Waals surface area contributed by atoms with Gasteiger partial charge in [0.2, 0.25) is 10.0 Å². The summed E-state index contributed by atoms with van der Waals surface area (Å²) in [5, 5.41) is 5.62. The Morgan fingerprint density at radius 1 is 1.19 bits per heavy atom. The van der Waals surface area contributed by atoms with Gasteiger partial charge in [0.05, 0.1) is 23.7 Å². The van der Waals surface area contributed by atoms with E-state index in [0.717, 1.165) is 24.9 Å². The third-order valence-electron chi connectivity index (χ3n) is 3.60. The van der Waals surface area contributed by atoms with E-state index in [4.69, 9.17) is 0 Å². The molecule has 1 aliphatic rings. The number of hydrogen-bond acceptors (Lipinski definition) is 4. The van der Waals surface area contributed by atoms with Gasteiger partial charge in [-0.3, -0.25) is 4.72 Å². The minimum absolute atomic E-state index is 0.252. The summed E-state index contributed by atoms with van der Waals surface area (Å²) in [6.45, 7) is 0. The Kier molecular flexibility index (Phi) is 3.91. The van der Waals surface area contributed by atoms with Gasteiger partial charge in [0.15, 0.2) is 0 Å². The lowest BCUT2D eigenvalue weighted by molar-refractivity contribution is 0.606. The van der Waals surface area contributed by atoms with Crippen molar-refractivity contribution in [1.82, 2.24) is 0 Å². The zero-order valence-electron chi connectivity index (χ0n) is 11.8. The lowest BCUT2D eigenvalue weighted by Crippen LogP contribution is -2.17. The summed E-state index contributed by atoms with van der Waals surface area (Å²) in [5.74, 6) is 0. The highest BCUT2D eigenvalue weighted by atomic mass is 32.2. The van der Waals surface area contributed by atoms with Crippen molar-refractivity contribution in [2.24, 2.45) is 0 Å². The van der Waals surface area contributed by atoms with E-state index in [-0.39, 0.29) is 6.04 Å². The van der Waals surface area contributed by atoms with Crippen LogP contribution in [0.15, 0.2) is 35.7 Å². The molecular weight excluding hydrogens is 304 g/mol. The molecule has 0 aliphatic heterocycles. The highest BCUT2D eigenvalue weighted by molar-refractivity contribution is 7.92. The number of hydrogen-bond donors (Lipinski definition) is 2. The van der Waals surface area contributed by atoms with E-state index in [9.17, 15) is 8.42 Å². The van der Waals surface area contributed by atoms with E-state index in [2.05, 4.69) is 21.5 Å². The third kappa shape index (κ3) is 3.39. The lowest BCUT2D eigenvalue weighted by Gasteiger charge is -2.26. The zero-order chi connectivity index (χ0) is 14.9. The Labute approximate surface area is 129 Å². The predicted molar refractivity (Wildman–Crippen MR) is 88.5 cm³/mol. The molecule has 0 bridgehead atoms. The number of benzene rings is 1. The number of aryl methyl sites for hydroxylation is 1. The molecule has 112 valence electrons. The van der Waals surface area contributed by atoms with Crippen LogP contribution in [0.1, 0.15) is 29.3 Å². The summed E-state index contributed by atoms with van der Waals surface area (Å²) < 4.78 is 25.5. The first kappa shape index (κ1) is 14.4. The second-order valence-electron chi connectivity index (χ2n) is 5.31. The van der Waals surface area contributed by atoms with Crippen LogP contribution in [-0.4, -0.2) is 14.7 Å². The molecule has 0 radical (unpaired) electrons. The molecule has 1 heterocycles. The average molecular weight is 322 g/mol. The maximum absolute atomic E-state index is 11.5. The maximum atomic E-state index is 11.5. The lowest BCUT2D eigenvalue weighted by atomic mass is 9.94. The largest absolute Gasteiger partial charge is 0.377 e. The highest BCUT2D eigenvalue weighted by Crippen LogP contribution is 2.37. The molecule has 2 N–H and O–H groups in total. The van der Waals surface area contributed by atoms with Crippen molar-refractivity contribution in [1.29, 1.82) is 0 Å². The number of para-hydroxylation sites is 2. The smallest absolute Gasteiger partial charge is 0.229 e. The van der Waals surface area contributed by atoms with Gasteiger partial charge in [-0.05, 0) is 48.4 Å². The fraction of sp³-hybridized carbons (Fsp3) is 0.333. The Balaban J connectivity index is 1.87. The Bertz CT molecular complexity index is 738. The number of rotatable bonds is 4. The molecule has 0 fully saturated rings. The molecule has 0 saturated carbocycles. The maximum Gasteiger partial charge on any atom is 0.229 e. The summed E-state index contributed by atoms with van der Waals surface area (Å²) in [5.41, 5.74) is 2.77. The molecule has 1 aromatic heterocycles. The first-order valence-corrected chi connectivity index (χ1v) is 9.70. The van der Waals surface area contributed by atoms with Gasteiger partial charge >= 0.3 is 0 Å². The molecule has 6 heteroatoms. The number of fused-ring (bicyclic) bond motifs is 1. The summed E-state index contributed by atoms with van der Waals surface area (Å²) in [4.78, 5) is 1.44. The summed E-state index contributed by atoms with van der Waals surface area (Å²) in [6, 6.07) is 9.85. The molecule has 0 spiro atoms. The minimum Gasteiger partial charge on any atom is -0.377 e. The number of thiophene rings is 1. The highest BCUT2D eigenvalue weighted by Gasteiger charge is 2.21. The van der Waals surface area contributed by atoms with Crippen molar-refractivity contribution in [2.75, 3.05) is 16.3 Å². The SMILES string of the molecule is CS(=O)(=O)Nc1ccccc1NC1CCCc2sccc21. The van der Waals surface area contributed by atoms with Gasteiger partial charge in [0.1, 0.15) is 0 Å². The van der Waals surface area contributed by atoms with Gasteiger partial charge in [-0.25, -0.2) is 8.42 Å². The van der Waals surface area contributed by atoms with Crippen LogP contribution in [0.4, 0.5) is 11.4 Å². The number of nitrogens with one attached hydrogen (secondary N) is 2. The molecule has 21 heavy (non-hydrogen) atoms. The molecule has 1 aromatic carbocycles. The molecule has 1 unspecified atom stereocenters. The van der Waals surface area contributed by atoms with Crippen LogP contribution in [0, 0.1) is 0 Å². The molecule has 1 atom stereocenters. The molecule has 0 amide bonds. The molecule has 2 aromatic rings. The third-order valence-corrected chi connectivity index (χ3v) is 5.19. The molecule has 1 aliphatic carbocycles. The number of anilines is 2. The second-order valence-corrected chi connectivity index (χ2v) is 8.06. The average Bonchev–Trinajstić information content (AvgIpc) is 2.89. The topological polar surface area (TPSA) is 58.2 Å². The molecular formula is C15H18N2O2S2. The van der Waals surface area contributed by atoms with Gasteiger partial charge in [-0.1, -0.05) is 12.1 Å². The van der Waals surface area contributed by atoms with Crippen LogP contribution in [0.25, 0.3) is 0 Å². The van der Waals surface area contributed by atoms with Crippen molar-refractivity contribution in [3.05, 3.63) is 46.2 Å². The van der Waals surface area contributed by atoms with Crippen LogP contribution in [0.2, 0.25) is 0 Å². The number of sulfonamides is 1. The van der Waals surface area contributed by atoms with E-state index in [1.807, 2.05) is 18.2 Å². The van der Waals surface area contributed by atoms with Gasteiger partial charge in [-0.15, -0.1) is 11.3 Å². The van der Waals surface area contributed by atoms with Crippen LogP contribution >= 0.6 is 11.3 Å². The van der Waals surface area contributed by atoms with Gasteiger partial charge in [-0.2, -0.15) is 0 Å². The second kappa shape index (κ2) is 5.69. The van der Waals surface area contributed by atoms with Gasteiger partial charge in [0, 0.05) is 4.88 Å². The summed E-state index contributed by atoms with van der Waals surface area (Å²) in [7, 11) is -3.28. The monoisotopic (exact) mass is 322 g/mol. The van der Waals surface area contributed by atoms with Crippen LogP contribution in [0.5, 0.6) is 0 Å². The predicted octanol–water partition coefficient (Wildman–Crippen LogP) is 3.61. The molecule has 3 rings (SSSR count). The van der Waals surface area contributed by atoms with E-state index >= 15 is 0 Å². The van der Waals surface area contributed by atoms with E-state index in [0.29, 0.717) is 5.69 Å². The molecule has 0 saturated heterocycles. The fourth-order valence-corrected chi connectivity index (χ4v) is 4.29. The van der Waals surface area contributed by atoms with E-state index in [1.54, 1.807) is 17.4 Å².